The van der Waals surface area contributed by atoms with E-state index < -0.39 is 28.7 Å². The highest BCUT2D eigenvalue weighted by atomic mass is 16.4. The first kappa shape index (κ1) is 14.2. The Labute approximate surface area is 117 Å². The number of amides is 2. The minimum Gasteiger partial charge on any atom is -0.481 e. The zero-order valence-electron chi connectivity index (χ0n) is 11.9. The number of rotatable bonds is 3. The number of carbonyl (C=O) groups excluding carboxylic acids is 2. The first-order valence-electron chi connectivity index (χ1n) is 6.33. The average Bonchev–Trinajstić information content (AvgIpc) is 2.62. The number of imide groups is 1. The molecule has 1 aliphatic rings. The van der Waals surface area contributed by atoms with Gasteiger partial charge in [-0.3, -0.25) is 19.3 Å². The molecule has 0 fully saturated rings. The summed E-state index contributed by atoms with van der Waals surface area (Å²) in [5.41, 5.74) is -1.76. The van der Waals surface area contributed by atoms with Gasteiger partial charge in [0, 0.05) is 0 Å². The standard InChI is InChI=1S/C15H17NO4/c1-14(2,13(19)20)15(3,4)16-11(17)9-7-5-6-8-10(9)12(16)18/h5-8H,1-4H3,(H,19,20). The van der Waals surface area contributed by atoms with Gasteiger partial charge < -0.3 is 5.11 Å². The molecule has 5 nitrogen and oxygen atoms in total. The molecule has 0 unspecified atom stereocenters. The molecule has 2 rings (SSSR count). The number of hydrogen-bond donors (Lipinski definition) is 1. The molecule has 0 saturated heterocycles. The highest BCUT2D eigenvalue weighted by molar-refractivity contribution is 6.22. The van der Waals surface area contributed by atoms with Gasteiger partial charge in [-0.25, -0.2) is 0 Å². The molecule has 1 aliphatic heterocycles. The van der Waals surface area contributed by atoms with Crippen molar-refractivity contribution >= 4 is 17.8 Å². The second kappa shape index (κ2) is 4.16. The van der Waals surface area contributed by atoms with Crippen molar-refractivity contribution in [2.45, 2.75) is 33.2 Å². The summed E-state index contributed by atoms with van der Waals surface area (Å²) in [7, 11) is 0. The van der Waals surface area contributed by atoms with Gasteiger partial charge in [0.25, 0.3) is 11.8 Å². The van der Waals surface area contributed by atoms with E-state index >= 15 is 0 Å². The third-order valence-corrected chi connectivity index (χ3v) is 4.42. The van der Waals surface area contributed by atoms with E-state index in [1.807, 2.05) is 0 Å². The molecule has 0 aromatic heterocycles. The van der Waals surface area contributed by atoms with E-state index in [4.69, 9.17) is 0 Å². The Morgan fingerprint density at radius 1 is 1.00 bits per heavy atom. The molecule has 1 heterocycles. The van der Waals surface area contributed by atoms with Gasteiger partial charge in [0.1, 0.15) is 0 Å². The Morgan fingerprint density at radius 3 is 1.75 bits per heavy atom. The highest BCUT2D eigenvalue weighted by Crippen LogP contribution is 2.40. The van der Waals surface area contributed by atoms with Crippen LogP contribution < -0.4 is 0 Å². The molecule has 1 N–H and O–H groups in total. The van der Waals surface area contributed by atoms with Crippen molar-refractivity contribution < 1.29 is 19.5 Å². The number of hydrogen-bond acceptors (Lipinski definition) is 3. The van der Waals surface area contributed by atoms with Crippen LogP contribution in [0.15, 0.2) is 24.3 Å². The van der Waals surface area contributed by atoms with Crippen molar-refractivity contribution in [2.24, 2.45) is 5.41 Å². The maximum absolute atomic E-state index is 12.4. The van der Waals surface area contributed by atoms with E-state index in [1.165, 1.54) is 13.8 Å². The minimum absolute atomic E-state index is 0.326. The van der Waals surface area contributed by atoms with Gasteiger partial charge in [-0.15, -0.1) is 0 Å². The van der Waals surface area contributed by atoms with Gasteiger partial charge in [0.05, 0.1) is 22.1 Å². The Kier molecular flexibility index (Phi) is 2.96. The lowest BCUT2D eigenvalue weighted by Gasteiger charge is -2.43. The van der Waals surface area contributed by atoms with Gasteiger partial charge in [-0.2, -0.15) is 0 Å². The Morgan fingerprint density at radius 2 is 1.40 bits per heavy atom. The third-order valence-electron chi connectivity index (χ3n) is 4.42. The summed E-state index contributed by atoms with van der Waals surface area (Å²) in [5.74, 6) is -1.94. The van der Waals surface area contributed by atoms with Crippen LogP contribution in [0.25, 0.3) is 0 Å². The lowest BCUT2D eigenvalue weighted by atomic mass is 9.73. The fourth-order valence-corrected chi connectivity index (χ4v) is 2.24. The van der Waals surface area contributed by atoms with E-state index in [1.54, 1.807) is 38.1 Å². The van der Waals surface area contributed by atoms with Crippen molar-refractivity contribution in [1.82, 2.24) is 4.90 Å². The van der Waals surface area contributed by atoms with Crippen molar-refractivity contribution in [2.75, 3.05) is 0 Å². The Bertz CT molecular complexity index is 581. The van der Waals surface area contributed by atoms with Crippen LogP contribution in [0.1, 0.15) is 48.4 Å². The molecule has 1 aromatic rings. The van der Waals surface area contributed by atoms with Crippen LogP contribution in [0.5, 0.6) is 0 Å². The van der Waals surface area contributed by atoms with Crippen molar-refractivity contribution in [3.63, 3.8) is 0 Å². The monoisotopic (exact) mass is 275 g/mol. The number of fused-ring (bicyclic) bond motifs is 1. The zero-order chi connectivity index (χ0) is 15.3. The molecule has 0 saturated carbocycles. The van der Waals surface area contributed by atoms with Crippen molar-refractivity contribution in [1.29, 1.82) is 0 Å². The van der Waals surface area contributed by atoms with Crippen LogP contribution in [0.4, 0.5) is 0 Å². The first-order valence-corrected chi connectivity index (χ1v) is 6.33. The molecule has 0 radical (unpaired) electrons. The summed E-state index contributed by atoms with van der Waals surface area (Å²) in [5, 5.41) is 9.38. The van der Waals surface area contributed by atoms with Gasteiger partial charge in [-0.05, 0) is 39.8 Å². The van der Waals surface area contributed by atoms with Crippen LogP contribution in [-0.2, 0) is 4.79 Å². The molecule has 1 aromatic carbocycles. The van der Waals surface area contributed by atoms with Crippen molar-refractivity contribution in [3.05, 3.63) is 35.4 Å². The van der Waals surface area contributed by atoms with Crippen LogP contribution in [-0.4, -0.2) is 33.3 Å². The van der Waals surface area contributed by atoms with Crippen LogP contribution >= 0.6 is 0 Å². The lowest BCUT2D eigenvalue weighted by Crippen LogP contribution is -2.59. The number of benzene rings is 1. The summed E-state index contributed by atoms with van der Waals surface area (Å²) in [6, 6.07) is 6.53. The smallest absolute Gasteiger partial charge is 0.311 e. The largest absolute Gasteiger partial charge is 0.481 e. The average molecular weight is 275 g/mol. The first-order chi connectivity index (χ1) is 9.12. The zero-order valence-corrected chi connectivity index (χ0v) is 11.9. The molecule has 20 heavy (non-hydrogen) atoms. The quantitative estimate of drug-likeness (QED) is 0.858. The van der Waals surface area contributed by atoms with E-state index in [0.717, 1.165) is 4.90 Å². The number of carbonyl (C=O) groups is 3. The molecule has 0 atom stereocenters. The van der Waals surface area contributed by atoms with E-state index in [0.29, 0.717) is 11.1 Å². The van der Waals surface area contributed by atoms with Gasteiger partial charge >= 0.3 is 5.97 Å². The van der Waals surface area contributed by atoms with E-state index in [9.17, 15) is 19.5 Å². The minimum atomic E-state index is -1.26. The van der Waals surface area contributed by atoms with Crippen molar-refractivity contribution in [3.8, 4) is 0 Å². The maximum atomic E-state index is 12.4. The fourth-order valence-electron chi connectivity index (χ4n) is 2.24. The second-order valence-electron chi connectivity index (χ2n) is 5.98. The summed E-state index contributed by atoms with van der Waals surface area (Å²) in [4.78, 5) is 37.4. The Hall–Kier alpha value is -2.17. The Balaban J connectivity index is 2.54. The topological polar surface area (TPSA) is 74.7 Å². The summed E-state index contributed by atoms with van der Waals surface area (Å²) in [6.45, 7) is 6.23. The summed E-state index contributed by atoms with van der Waals surface area (Å²) in [6.07, 6.45) is 0. The fraction of sp³-hybridized carbons (Fsp3) is 0.400. The molecule has 0 bridgehead atoms. The molecule has 0 spiro atoms. The van der Waals surface area contributed by atoms with E-state index in [2.05, 4.69) is 0 Å². The predicted molar refractivity (Wildman–Crippen MR) is 72.4 cm³/mol. The normalized spacial score (nSPS) is 15.5. The molecule has 0 aliphatic carbocycles. The van der Waals surface area contributed by atoms with Gasteiger partial charge in [0.15, 0.2) is 0 Å². The van der Waals surface area contributed by atoms with Crippen LogP contribution in [0.2, 0.25) is 0 Å². The molecule has 106 valence electrons. The number of carboxylic acids is 1. The molecular weight excluding hydrogens is 258 g/mol. The number of aliphatic carboxylic acids is 1. The number of nitrogens with zero attached hydrogens (tertiary/aromatic N) is 1. The van der Waals surface area contributed by atoms with E-state index in [-0.39, 0.29) is 0 Å². The predicted octanol–water partition coefficient (Wildman–Crippen LogP) is 2.17. The lowest BCUT2D eigenvalue weighted by molar-refractivity contribution is -0.153. The highest BCUT2D eigenvalue weighted by Gasteiger charge is 2.54. The molecule has 5 heteroatoms. The van der Waals surface area contributed by atoms with Crippen LogP contribution in [0, 0.1) is 5.41 Å². The summed E-state index contributed by atoms with van der Waals surface area (Å²) < 4.78 is 0. The molecule has 2 amide bonds. The number of carboxylic acid groups (broad SMARTS) is 1. The molecular formula is C15H17NO4. The second-order valence-corrected chi connectivity index (χ2v) is 5.98. The van der Waals surface area contributed by atoms with Gasteiger partial charge in [-0.1, -0.05) is 12.1 Å². The summed E-state index contributed by atoms with van der Waals surface area (Å²) >= 11 is 0. The third kappa shape index (κ3) is 1.66. The van der Waals surface area contributed by atoms with Crippen LogP contribution in [0.3, 0.4) is 0 Å². The maximum Gasteiger partial charge on any atom is 0.311 e. The van der Waals surface area contributed by atoms with Gasteiger partial charge in [0.2, 0.25) is 0 Å². The SMILES string of the molecule is CC(C)(C(=O)O)C(C)(C)N1C(=O)c2ccccc2C1=O.